The van der Waals surface area contributed by atoms with Crippen LogP contribution in [-0.2, 0) is 4.79 Å². The lowest BCUT2D eigenvalue weighted by atomic mass is 10.1. The average Bonchev–Trinajstić information content (AvgIpc) is 1.98. The Morgan fingerprint density at radius 3 is 2.33 bits per heavy atom. The zero-order chi connectivity index (χ0) is 9.72. The van der Waals surface area contributed by atoms with Crippen molar-refractivity contribution >= 4 is 5.91 Å². The Hall–Kier alpha value is -0.610. The van der Waals surface area contributed by atoms with Gasteiger partial charge in [-0.15, -0.1) is 0 Å². The van der Waals surface area contributed by atoms with Crippen molar-refractivity contribution in [1.29, 1.82) is 0 Å². The van der Waals surface area contributed by atoms with Crippen molar-refractivity contribution in [3.05, 3.63) is 0 Å². The van der Waals surface area contributed by atoms with Gasteiger partial charge in [0, 0.05) is 6.54 Å². The van der Waals surface area contributed by atoms with Gasteiger partial charge in [-0.1, -0.05) is 13.8 Å². The first-order chi connectivity index (χ1) is 5.45. The molecule has 0 aromatic rings. The van der Waals surface area contributed by atoms with E-state index in [1.54, 1.807) is 6.92 Å². The van der Waals surface area contributed by atoms with Gasteiger partial charge in [0.2, 0.25) is 5.91 Å². The van der Waals surface area contributed by atoms with Gasteiger partial charge in [-0.05, 0) is 12.8 Å². The third kappa shape index (κ3) is 4.31. The Kier molecular flexibility index (Phi) is 4.85. The van der Waals surface area contributed by atoms with Crippen molar-refractivity contribution in [3.8, 4) is 0 Å². The van der Waals surface area contributed by atoms with Gasteiger partial charge in [0.15, 0.2) is 0 Å². The van der Waals surface area contributed by atoms with Crippen LogP contribution in [0.25, 0.3) is 0 Å². The number of carbonyl (C=O) groups excluding carboxylic acids is 1. The van der Waals surface area contributed by atoms with Crippen molar-refractivity contribution in [2.75, 3.05) is 6.54 Å². The number of hydrogen-bond donors (Lipinski definition) is 3. The van der Waals surface area contributed by atoms with E-state index in [0.29, 0.717) is 0 Å². The van der Waals surface area contributed by atoms with Crippen LogP contribution in [0.5, 0.6) is 0 Å². The summed E-state index contributed by atoms with van der Waals surface area (Å²) in [5.74, 6) is -0.0788. The van der Waals surface area contributed by atoms with E-state index in [4.69, 9.17) is 10.8 Å². The quantitative estimate of drug-likeness (QED) is 0.536. The summed E-state index contributed by atoms with van der Waals surface area (Å²) < 4.78 is 0. The van der Waals surface area contributed by atoms with Crippen LogP contribution < -0.4 is 11.1 Å². The van der Waals surface area contributed by atoms with Crippen molar-refractivity contribution in [2.24, 2.45) is 11.7 Å². The molecule has 0 saturated carbocycles. The Bertz CT molecular complexity index is 146. The largest absolute Gasteiger partial charge is 0.392 e. The monoisotopic (exact) mass is 174 g/mol. The van der Waals surface area contributed by atoms with Gasteiger partial charge < -0.3 is 16.2 Å². The number of hydrogen-bond acceptors (Lipinski definition) is 3. The van der Waals surface area contributed by atoms with Crippen LogP contribution in [0.3, 0.4) is 0 Å². The van der Waals surface area contributed by atoms with Crippen molar-refractivity contribution in [3.63, 3.8) is 0 Å². The summed E-state index contributed by atoms with van der Waals surface area (Å²) in [5, 5.41) is 11.4. The highest BCUT2D eigenvalue weighted by Gasteiger charge is 2.16. The maximum atomic E-state index is 11.1. The number of aliphatic hydroxyl groups is 1. The molecule has 4 nitrogen and oxygen atoms in total. The number of aliphatic hydroxyl groups excluding tert-OH is 1. The molecule has 0 bridgehead atoms. The fourth-order valence-electron chi connectivity index (χ4n) is 0.669. The SMILES string of the molecule is CC(C)[C@H](N)C(=O)NC[C@@H](C)O. The minimum atomic E-state index is -0.520. The second kappa shape index (κ2) is 5.11. The molecule has 0 saturated heterocycles. The molecule has 4 N–H and O–H groups in total. The standard InChI is InChI=1S/C8H18N2O2/c1-5(2)7(9)8(12)10-4-6(3)11/h5-7,11H,4,9H2,1-3H3,(H,10,12)/t6-,7+/m1/s1. The van der Waals surface area contributed by atoms with E-state index in [9.17, 15) is 4.79 Å². The van der Waals surface area contributed by atoms with E-state index in [-0.39, 0.29) is 18.4 Å². The van der Waals surface area contributed by atoms with E-state index in [1.165, 1.54) is 0 Å². The normalized spacial score (nSPS) is 15.8. The van der Waals surface area contributed by atoms with Gasteiger partial charge in [0.05, 0.1) is 12.1 Å². The fraction of sp³-hybridized carbons (Fsp3) is 0.875. The minimum absolute atomic E-state index is 0.124. The topological polar surface area (TPSA) is 75.4 Å². The van der Waals surface area contributed by atoms with Crippen LogP contribution in [-0.4, -0.2) is 29.7 Å². The van der Waals surface area contributed by atoms with Crippen molar-refractivity contribution < 1.29 is 9.90 Å². The minimum Gasteiger partial charge on any atom is -0.392 e. The highest BCUT2D eigenvalue weighted by atomic mass is 16.3. The molecule has 0 spiro atoms. The molecule has 4 heteroatoms. The molecule has 0 aliphatic rings. The van der Waals surface area contributed by atoms with E-state index in [2.05, 4.69) is 5.32 Å². The van der Waals surface area contributed by atoms with Crippen LogP contribution >= 0.6 is 0 Å². The molecule has 0 fully saturated rings. The van der Waals surface area contributed by atoms with E-state index < -0.39 is 12.1 Å². The number of rotatable bonds is 4. The van der Waals surface area contributed by atoms with E-state index in [0.717, 1.165) is 0 Å². The first kappa shape index (κ1) is 11.4. The van der Waals surface area contributed by atoms with Crippen LogP contribution in [0.2, 0.25) is 0 Å². The molecule has 1 amide bonds. The first-order valence-corrected chi connectivity index (χ1v) is 4.16. The number of nitrogens with one attached hydrogen (secondary N) is 1. The zero-order valence-electron chi connectivity index (χ0n) is 7.87. The molecule has 0 unspecified atom stereocenters. The van der Waals surface area contributed by atoms with Crippen LogP contribution in [0, 0.1) is 5.92 Å². The third-order valence-corrected chi connectivity index (χ3v) is 1.59. The molecular weight excluding hydrogens is 156 g/mol. The van der Waals surface area contributed by atoms with E-state index >= 15 is 0 Å². The molecule has 0 aromatic heterocycles. The first-order valence-electron chi connectivity index (χ1n) is 4.16. The predicted molar refractivity (Wildman–Crippen MR) is 47.5 cm³/mol. The Morgan fingerprint density at radius 1 is 1.50 bits per heavy atom. The lowest BCUT2D eigenvalue weighted by Crippen LogP contribution is -2.45. The van der Waals surface area contributed by atoms with Gasteiger partial charge >= 0.3 is 0 Å². The molecule has 12 heavy (non-hydrogen) atoms. The van der Waals surface area contributed by atoms with Crippen LogP contribution in [0.15, 0.2) is 0 Å². The number of nitrogens with two attached hydrogens (primary N) is 1. The molecule has 0 heterocycles. The highest BCUT2D eigenvalue weighted by molar-refractivity contribution is 5.81. The molecule has 0 aromatic carbocycles. The van der Waals surface area contributed by atoms with Gasteiger partial charge in [0.25, 0.3) is 0 Å². The molecule has 0 rings (SSSR count). The molecule has 0 radical (unpaired) electrons. The van der Waals surface area contributed by atoms with Crippen molar-refractivity contribution in [2.45, 2.75) is 32.9 Å². The molecule has 72 valence electrons. The molecular formula is C8H18N2O2. The predicted octanol–water partition coefficient (Wildman–Crippen LogP) is -0.533. The molecule has 0 aliphatic heterocycles. The van der Waals surface area contributed by atoms with Gasteiger partial charge in [-0.2, -0.15) is 0 Å². The fourth-order valence-corrected chi connectivity index (χ4v) is 0.669. The summed E-state index contributed by atoms with van der Waals surface area (Å²) in [6.07, 6.45) is -0.520. The number of carbonyl (C=O) groups is 1. The Labute approximate surface area is 73.1 Å². The molecule has 2 atom stereocenters. The lowest BCUT2D eigenvalue weighted by molar-refractivity contribution is -0.123. The van der Waals surface area contributed by atoms with Gasteiger partial charge in [-0.25, -0.2) is 0 Å². The second-order valence-corrected chi connectivity index (χ2v) is 3.36. The lowest BCUT2D eigenvalue weighted by Gasteiger charge is -2.15. The smallest absolute Gasteiger partial charge is 0.237 e. The summed E-state index contributed by atoms with van der Waals surface area (Å²) in [6.45, 7) is 5.64. The van der Waals surface area contributed by atoms with Crippen LogP contribution in [0.4, 0.5) is 0 Å². The number of amides is 1. The van der Waals surface area contributed by atoms with Gasteiger partial charge in [-0.3, -0.25) is 4.79 Å². The van der Waals surface area contributed by atoms with Crippen molar-refractivity contribution in [1.82, 2.24) is 5.32 Å². The summed E-state index contributed by atoms with van der Waals surface area (Å²) >= 11 is 0. The summed E-state index contributed by atoms with van der Waals surface area (Å²) in [5.41, 5.74) is 5.55. The maximum absolute atomic E-state index is 11.1. The Morgan fingerprint density at radius 2 is 2.00 bits per heavy atom. The summed E-state index contributed by atoms with van der Waals surface area (Å²) in [4.78, 5) is 11.1. The Balaban J connectivity index is 3.72. The highest BCUT2D eigenvalue weighted by Crippen LogP contribution is 1.97. The summed E-state index contributed by atoms with van der Waals surface area (Å²) in [7, 11) is 0. The summed E-state index contributed by atoms with van der Waals surface area (Å²) in [6, 6.07) is -0.483. The second-order valence-electron chi connectivity index (χ2n) is 3.36. The van der Waals surface area contributed by atoms with E-state index in [1.807, 2.05) is 13.8 Å². The average molecular weight is 174 g/mol. The van der Waals surface area contributed by atoms with Gasteiger partial charge in [0.1, 0.15) is 0 Å². The zero-order valence-corrected chi connectivity index (χ0v) is 7.87. The van der Waals surface area contributed by atoms with Crippen LogP contribution in [0.1, 0.15) is 20.8 Å². The third-order valence-electron chi connectivity index (χ3n) is 1.59. The maximum Gasteiger partial charge on any atom is 0.237 e. The molecule has 0 aliphatic carbocycles.